The SMILES string of the molecule is CNC(=O)CCOc1ccc(C)cc1CNC(C)C. The van der Waals surface area contributed by atoms with Gasteiger partial charge in [0.2, 0.25) is 5.91 Å². The van der Waals surface area contributed by atoms with E-state index in [1.54, 1.807) is 7.05 Å². The Morgan fingerprint density at radius 3 is 2.74 bits per heavy atom. The molecule has 0 unspecified atom stereocenters. The summed E-state index contributed by atoms with van der Waals surface area (Å²) >= 11 is 0. The minimum Gasteiger partial charge on any atom is -0.493 e. The number of carbonyl (C=O) groups is 1. The maximum atomic E-state index is 11.2. The van der Waals surface area contributed by atoms with Crippen molar-refractivity contribution in [3.63, 3.8) is 0 Å². The molecule has 0 aromatic heterocycles. The van der Waals surface area contributed by atoms with E-state index in [0.29, 0.717) is 19.1 Å². The smallest absolute Gasteiger partial charge is 0.223 e. The Hall–Kier alpha value is -1.55. The average Bonchev–Trinajstić information content (AvgIpc) is 2.38. The van der Waals surface area contributed by atoms with Crippen LogP contribution in [0.1, 0.15) is 31.4 Å². The Labute approximate surface area is 115 Å². The summed E-state index contributed by atoms with van der Waals surface area (Å²) in [5, 5.41) is 5.96. The van der Waals surface area contributed by atoms with Crippen LogP contribution in [-0.4, -0.2) is 25.6 Å². The first-order valence-electron chi connectivity index (χ1n) is 6.69. The zero-order valence-electron chi connectivity index (χ0n) is 12.2. The lowest BCUT2D eigenvalue weighted by Gasteiger charge is -2.14. The molecule has 1 rings (SSSR count). The zero-order valence-corrected chi connectivity index (χ0v) is 12.2. The number of benzene rings is 1. The second-order valence-electron chi connectivity index (χ2n) is 4.92. The van der Waals surface area contributed by atoms with Gasteiger partial charge in [-0.3, -0.25) is 4.79 Å². The Bertz CT molecular complexity index is 417. The Balaban J connectivity index is 2.62. The first kappa shape index (κ1) is 15.5. The minimum absolute atomic E-state index is 0.00559. The first-order chi connectivity index (χ1) is 9.02. The maximum absolute atomic E-state index is 11.2. The van der Waals surface area contributed by atoms with E-state index in [9.17, 15) is 4.79 Å². The molecule has 0 heterocycles. The fraction of sp³-hybridized carbons (Fsp3) is 0.533. The highest BCUT2D eigenvalue weighted by Gasteiger charge is 2.06. The van der Waals surface area contributed by atoms with Crippen molar-refractivity contribution in [2.24, 2.45) is 0 Å². The first-order valence-corrected chi connectivity index (χ1v) is 6.69. The van der Waals surface area contributed by atoms with Gasteiger partial charge in [-0.1, -0.05) is 31.5 Å². The van der Waals surface area contributed by atoms with Crippen LogP contribution in [0.15, 0.2) is 18.2 Å². The third-order valence-corrected chi connectivity index (χ3v) is 2.78. The van der Waals surface area contributed by atoms with Gasteiger partial charge in [0.05, 0.1) is 13.0 Å². The second-order valence-corrected chi connectivity index (χ2v) is 4.92. The molecule has 2 N–H and O–H groups in total. The maximum Gasteiger partial charge on any atom is 0.223 e. The molecule has 0 aliphatic carbocycles. The average molecular weight is 264 g/mol. The minimum atomic E-state index is -0.00559. The fourth-order valence-electron chi connectivity index (χ4n) is 1.68. The number of rotatable bonds is 7. The fourth-order valence-corrected chi connectivity index (χ4v) is 1.68. The number of ether oxygens (including phenoxy) is 1. The van der Waals surface area contributed by atoms with Crippen LogP contribution in [0.25, 0.3) is 0 Å². The molecule has 4 nitrogen and oxygen atoms in total. The molecule has 0 atom stereocenters. The van der Waals surface area contributed by atoms with Gasteiger partial charge in [0.1, 0.15) is 5.75 Å². The lowest BCUT2D eigenvalue weighted by atomic mass is 10.1. The van der Waals surface area contributed by atoms with Crippen molar-refractivity contribution in [2.75, 3.05) is 13.7 Å². The molecule has 0 radical (unpaired) electrons. The van der Waals surface area contributed by atoms with Crippen LogP contribution >= 0.6 is 0 Å². The highest BCUT2D eigenvalue weighted by Crippen LogP contribution is 2.20. The van der Waals surface area contributed by atoms with Gasteiger partial charge in [-0.05, 0) is 13.0 Å². The number of hydrogen-bond donors (Lipinski definition) is 2. The molecule has 0 bridgehead atoms. The molecule has 0 fully saturated rings. The van der Waals surface area contributed by atoms with Crippen molar-refractivity contribution < 1.29 is 9.53 Å². The normalized spacial score (nSPS) is 10.6. The summed E-state index contributed by atoms with van der Waals surface area (Å²) in [5.41, 5.74) is 2.34. The number of hydrogen-bond acceptors (Lipinski definition) is 3. The van der Waals surface area contributed by atoms with Gasteiger partial charge in [0.15, 0.2) is 0 Å². The van der Waals surface area contributed by atoms with Crippen molar-refractivity contribution >= 4 is 5.91 Å². The van der Waals surface area contributed by atoms with E-state index in [1.165, 1.54) is 5.56 Å². The van der Waals surface area contributed by atoms with E-state index >= 15 is 0 Å². The quantitative estimate of drug-likeness (QED) is 0.792. The van der Waals surface area contributed by atoms with Crippen LogP contribution in [0.5, 0.6) is 5.75 Å². The van der Waals surface area contributed by atoms with E-state index in [2.05, 4.69) is 37.5 Å². The lowest BCUT2D eigenvalue weighted by molar-refractivity contribution is -0.121. The highest BCUT2D eigenvalue weighted by atomic mass is 16.5. The molecule has 1 amide bonds. The molecule has 0 spiro atoms. The number of aryl methyl sites for hydroxylation is 1. The Morgan fingerprint density at radius 1 is 1.37 bits per heavy atom. The summed E-state index contributed by atoms with van der Waals surface area (Å²) in [6.45, 7) is 7.46. The van der Waals surface area contributed by atoms with Crippen LogP contribution in [0.2, 0.25) is 0 Å². The van der Waals surface area contributed by atoms with Crippen molar-refractivity contribution in [3.8, 4) is 5.75 Å². The molecule has 4 heteroatoms. The van der Waals surface area contributed by atoms with Crippen molar-refractivity contribution in [2.45, 2.75) is 39.8 Å². The second kappa shape index (κ2) is 7.79. The summed E-state index contributed by atoms with van der Waals surface area (Å²) in [5.74, 6) is 0.844. The lowest BCUT2D eigenvalue weighted by Crippen LogP contribution is -2.23. The van der Waals surface area contributed by atoms with Crippen molar-refractivity contribution in [1.29, 1.82) is 0 Å². The monoisotopic (exact) mass is 264 g/mol. The van der Waals surface area contributed by atoms with Gasteiger partial charge < -0.3 is 15.4 Å². The van der Waals surface area contributed by atoms with E-state index in [1.807, 2.05) is 12.1 Å². The van der Waals surface area contributed by atoms with Gasteiger partial charge >= 0.3 is 0 Å². The zero-order chi connectivity index (χ0) is 14.3. The molecular formula is C15H24N2O2. The van der Waals surface area contributed by atoms with Gasteiger partial charge in [-0.15, -0.1) is 0 Å². The predicted octanol–water partition coefficient (Wildman–Crippen LogP) is 2.01. The van der Waals surface area contributed by atoms with Gasteiger partial charge in [0.25, 0.3) is 0 Å². The number of amides is 1. The summed E-state index contributed by atoms with van der Waals surface area (Å²) < 4.78 is 5.70. The molecule has 106 valence electrons. The topological polar surface area (TPSA) is 50.4 Å². The van der Waals surface area contributed by atoms with Crippen LogP contribution < -0.4 is 15.4 Å². The third kappa shape index (κ3) is 5.75. The molecule has 1 aromatic carbocycles. The highest BCUT2D eigenvalue weighted by molar-refractivity contribution is 5.75. The van der Waals surface area contributed by atoms with Crippen LogP contribution in [-0.2, 0) is 11.3 Å². The molecule has 0 saturated carbocycles. The standard InChI is InChI=1S/C15H24N2O2/c1-11(2)17-10-13-9-12(3)5-6-14(13)19-8-7-15(18)16-4/h5-6,9,11,17H,7-8,10H2,1-4H3,(H,16,18). The summed E-state index contributed by atoms with van der Waals surface area (Å²) in [6.07, 6.45) is 0.376. The van der Waals surface area contributed by atoms with Crippen LogP contribution in [0, 0.1) is 6.92 Å². The van der Waals surface area contributed by atoms with Gasteiger partial charge in [0, 0.05) is 25.2 Å². The van der Waals surface area contributed by atoms with E-state index < -0.39 is 0 Å². The predicted molar refractivity (Wildman–Crippen MR) is 77.3 cm³/mol. The largest absolute Gasteiger partial charge is 0.493 e. The van der Waals surface area contributed by atoms with Crippen LogP contribution in [0.3, 0.4) is 0 Å². The summed E-state index contributed by atoms with van der Waals surface area (Å²) in [4.78, 5) is 11.2. The number of nitrogens with one attached hydrogen (secondary N) is 2. The summed E-state index contributed by atoms with van der Waals surface area (Å²) in [6, 6.07) is 6.54. The molecule has 0 aliphatic heterocycles. The summed E-state index contributed by atoms with van der Waals surface area (Å²) in [7, 11) is 1.63. The third-order valence-electron chi connectivity index (χ3n) is 2.78. The van der Waals surface area contributed by atoms with E-state index in [0.717, 1.165) is 17.9 Å². The molecule has 0 aliphatic rings. The van der Waals surface area contributed by atoms with Crippen molar-refractivity contribution in [1.82, 2.24) is 10.6 Å². The molecule has 0 saturated heterocycles. The molecule has 19 heavy (non-hydrogen) atoms. The van der Waals surface area contributed by atoms with Gasteiger partial charge in [-0.25, -0.2) is 0 Å². The Morgan fingerprint density at radius 2 is 2.11 bits per heavy atom. The van der Waals surface area contributed by atoms with E-state index in [-0.39, 0.29) is 5.91 Å². The van der Waals surface area contributed by atoms with Gasteiger partial charge in [-0.2, -0.15) is 0 Å². The molecule has 1 aromatic rings. The molecular weight excluding hydrogens is 240 g/mol. The van der Waals surface area contributed by atoms with Crippen molar-refractivity contribution in [3.05, 3.63) is 29.3 Å². The van der Waals surface area contributed by atoms with E-state index in [4.69, 9.17) is 4.74 Å². The number of carbonyl (C=O) groups excluding carboxylic acids is 1. The Kier molecular flexibility index (Phi) is 6.36. The van der Waals surface area contributed by atoms with Crippen LogP contribution in [0.4, 0.5) is 0 Å².